The van der Waals surface area contributed by atoms with E-state index in [-0.39, 0.29) is 18.5 Å². The lowest BCUT2D eigenvalue weighted by Gasteiger charge is -2.34. The molecule has 7 nitrogen and oxygen atoms in total. The number of hydrogen-bond donors (Lipinski definition) is 1. The molecule has 35 heavy (non-hydrogen) atoms. The van der Waals surface area contributed by atoms with Crippen LogP contribution in [-0.4, -0.2) is 50.0 Å². The summed E-state index contributed by atoms with van der Waals surface area (Å²) in [5.41, 5.74) is 2.76. The molecule has 0 aromatic heterocycles. The second-order valence-electron chi connectivity index (χ2n) is 8.90. The van der Waals surface area contributed by atoms with Crippen molar-refractivity contribution in [2.75, 3.05) is 17.1 Å². The number of sulfonamides is 1. The van der Waals surface area contributed by atoms with Crippen molar-refractivity contribution in [2.24, 2.45) is 0 Å². The van der Waals surface area contributed by atoms with E-state index in [9.17, 15) is 18.0 Å². The number of benzene rings is 2. The maximum absolute atomic E-state index is 13.7. The Morgan fingerprint density at radius 1 is 1.00 bits per heavy atom. The van der Waals surface area contributed by atoms with Crippen LogP contribution in [0.4, 0.5) is 5.69 Å². The van der Waals surface area contributed by atoms with E-state index in [1.807, 2.05) is 52.8 Å². The average Bonchev–Trinajstić information content (AvgIpc) is 2.78. The molecule has 9 heteroatoms. The number of carbonyl (C=O) groups is 2. The van der Waals surface area contributed by atoms with Crippen molar-refractivity contribution in [1.29, 1.82) is 0 Å². The zero-order valence-corrected chi connectivity index (χ0v) is 22.9. The molecule has 0 aliphatic heterocycles. The van der Waals surface area contributed by atoms with Crippen LogP contribution in [0.3, 0.4) is 0 Å². The van der Waals surface area contributed by atoms with Crippen molar-refractivity contribution in [3.8, 4) is 0 Å². The molecule has 0 heterocycles. The van der Waals surface area contributed by atoms with Gasteiger partial charge in [0.15, 0.2) is 0 Å². The maximum Gasteiger partial charge on any atom is 0.244 e. The normalized spacial score (nSPS) is 13.1. The molecule has 0 aliphatic rings. The highest BCUT2D eigenvalue weighted by molar-refractivity contribution is 7.92. The number of rotatable bonds is 11. The largest absolute Gasteiger partial charge is 0.352 e. The van der Waals surface area contributed by atoms with E-state index >= 15 is 0 Å². The summed E-state index contributed by atoms with van der Waals surface area (Å²) in [6.45, 7) is 9.07. The highest BCUT2D eigenvalue weighted by atomic mass is 35.5. The number of hydrogen-bond acceptors (Lipinski definition) is 4. The lowest BCUT2D eigenvalue weighted by Crippen LogP contribution is -2.53. The summed E-state index contributed by atoms with van der Waals surface area (Å²) in [6, 6.07) is 11.7. The van der Waals surface area contributed by atoms with E-state index in [1.54, 1.807) is 24.3 Å². The van der Waals surface area contributed by atoms with Gasteiger partial charge in [0.1, 0.15) is 12.6 Å². The molecule has 2 aromatic carbocycles. The number of anilines is 1. The van der Waals surface area contributed by atoms with Gasteiger partial charge < -0.3 is 10.2 Å². The van der Waals surface area contributed by atoms with Gasteiger partial charge in [-0.05, 0) is 62.4 Å². The first-order chi connectivity index (χ1) is 16.4. The van der Waals surface area contributed by atoms with Gasteiger partial charge in [0.2, 0.25) is 21.8 Å². The maximum atomic E-state index is 13.7. The Hall–Kier alpha value is -2.58. The zero-order valence-electron chi connectivity index (χ0n) is 21.3. The summed E-state index contributed by atoms with van der Waals surface area (Å²) in [7, 11) is -3.78. The van der Waals surface area contributed by atoms with Gasteiger partial charge in [0.25, 0.3) is 0 Å². The van der Waals surface area contributed by atoms with Crippen LogP contribution in [0.1, 0.15) is 50.3 Å². The fraction of sp³-hybridized carbons (Fsp3) is 0.462. The molecule has 0 unspecified atom stereocenters. The summed E-state index contributed by atoms with van der Waals surface area (Å²) in [5.74, 6) is -0.721. The zero-order chi connectivity index (χ0) is 26.3. The van der Waals surface area contributed by atoms with Crippen molar-refractivity contribution >= 4 is 39.1 Å². The summed E-state index contributed by atoms with van der Waals surface area (Å²) < 4.78 is 26.8. The molecule has 0 radical (unpaired) electrons. The van der Waals surface area contributed by atoms with Gasteiger partial charge in [-0.2, -0.15) is 0 Å². The fourth-order valence-corrected chi connectivity index (χ4v) is 5.01. The van der Waals surface area contributed by atoms with Crippen LogP contribution in [0.5, 0.6) is 0 Å². The van der Waals surface area contributed by atoms with Gasteiger partial charge in [-0.25, -0.2) is 8.42 Å². The Kier molecular flexibility index (Phi) is 10.2. The summed E-state index contributed by atoms with van der Waals surface area (Å²) in [4.78, 5) is 28.3. The van der Waals surface area contributed by atoms with E-state index in [0.29, 0.717) is 17.1 Å². The molecule has 1 N–H and O–H groups in total. The van der Waals surface area contributed by atoms with Gasteiger partial charge in [0.05, 0.1) is 11.9 Å². The summed E-state index contributed by atoms with van der Waals surface area (Å²) >= 11 is 6.02. The summed E-state index contributed by atoms with van der Waals surface area (Å²) in [5, 5.41) is 3.52. The number of nitrogens with one attached hydrogen (secondary N) is 1. The monoisotopic (exact) mass is 521 g/mol. The minimum atomic E-state index is -3.78. The Bertz CT molecular complexity index is 1120. The third kappa shape index (κ3) is 7.70. The van der Waals surface area contributed by atoms with Crippen molar-refractivity contribution in [3.63, 3.8) is 0 Å². The SMILES string of the molecule is CC[C@H](C)NC(=O)[C@H](CC)N(Cc1ccc(Cl)cc1)C(=O)CN(c1c(C)cccc1C)S(C)(=O)=O. The molecular formula is C26H36ClN3O4S. The highest BCUT2D eigenvalue weighted by Crippen LogP contribution is 2.27. The van der Waals surface area contributed by atoms with Crippen LogP contribution in [0.2, 0.25) is 5.02 Å². The van der Waals surface area contributed by atoms with Crippen LogP contribution in [-0.2, 0) is 26.2 Å². The van der Waals surface area contributed by atoms with Crippen LogP contribution < -0.4 is 9.62 Å². The molecule has 0 spiro atoms. The molecule has 2 atom stereocenters. The highest BCUT2D eigenvalue weighted by Gasteiger charge is 2.32. The van der Waals surface area contributed by atoms with Crippen molar-refractivity contribution in [3.05, 3.63) is 64.2 Å². The molecule has 2 amide bonds. The van der Waals surface area contributed by atoms with Crippen LogP contribution in [0, 0.1) is 13.8 Å². The second kappa shape index (κ2) is 12.4. The first-order valence-electron chi connectivity index (χ1n) is 11.8. The predicted octanol–water partition coefficient (Wildman–Crippen LogP) is 4.44. The van der Waals surface area contributed by atoms with Crippen LogP contribution >= 0.6 is 11.6 Å². The van der Waals surface area contributed by atoms with Gasteiger partial charge in [-0.3, -0.25) is 13.9 Å². The van der Waals surface area contributed by atoms with Crippen LogP contribution in [0.15, 0.2) is 42.5 Å². The number of para-hydroxylation sites is 1. The number of aryl methyl sites for hydroxylation is 2. The number of carbonyl (C=O) groups excluding carboxylic acids is 2. The number of halogens is 1. The Morgan fingerprint density at radius 2 is 1.57 bits per heavy atom. The molecule has 0 aliphatic carbocycles. The fourth-order valence-electron chi connectivity index (χ4n) is 3.92. The first-order valence-corrected chi connectivity index (χ1v) is 14.0. The van der Waals surface area contributed by atoms with Crippen molar-refractivity contribution in [1.82, 2.24) is 10.2 Å². The Balaban J connectivity index is 2.49. The molecule has 0 saturated carbocycles. The topological polar surface area (TPSA) is 86.8 Å². The Morgan fingerprint density at radius 3 is 2.06 bits per heavy atom. The number of amides is 2. The first kappa shape index (κ1) is 28.7. The van der Waals surface area contributed by atoms with Gasteiger partial charge >= 0.3 is 0 Å². The lowest BCUT2D eigenvalue weighted by molar-refractivity contribution is -0.140. The minimum Gasteiger partial charge on any atom is -0.352 e. The average molecular weight is 522 g/mol. The van der Waals surface area contributed by atoms with E-state index in [2.05, 4.69) is 5.32 Å². The third-order valence-corrected chi connectivity index (χ3v) is 7.39. The van der Waals surface area contributed by atoms with Crippen LogP contribution in [0.25, 0.3) is 0 Å². The number of nitrogens with zero attached hydrogens (tertiary/aromatic N) is 2. The van der Waals surface area contributed by atoms with Gasteiger partial charge in [-0.1, -0.05) is 55.8 Å². The van der Waals surface area contributed by atoms with E-state index < -0.39 is 28.5 Å². The molecular weight excluding hydrogens is 486 g/mol. The summed E-state index contributed by atoms with van der Waals surface area (Å²) in [6.07, 6.45) is 2.22. The molecule has 0 fully saturated rings. The second-order valence-corrected chi connectivity index (χ2v) is 11.2. The standard InChI is InChI=1S/C26H36ClN3O4S/c1-7-20(5)28-26(32)23(8-2)29(16-21-12-14-22(27)15-13-21)24(31)17-30(35(6,33)34)25-18(3)10-9-11-19(25)4/h9-15,20,23H,7-8,16-17H2,1-6H3,(H,28,32)/t20-,23-/m0/s1. The molecule has 0 saturated heterocycles. The van der Waals surface area contributed by atoms with E-state index in [0.717, 1.165) is 33.7 Å². The van der Waals surface area contributed by atoms with E-state index in [1.165, 1.54) is 4.90 Å². The van der Waals surface area contributed by atoms with Gasteiger partial charge in [-0.15, -0.1) is 0 Å². The quantitative estimate of drug-likeness (QED) is 0.473. The van der Waals surface area contributed by atoms with Crippen molar-refractivity contribution < 1.29 is 18.0 Å². The smallest absolute Gasteiger partial charge is 0.244 e. The molecule has 2 rings (SSSR count). The predicted molar refractivity (Wildman–Crippen MR) is 142 cm³/mol. The lowest BCUT2D eigenvalue weighted by atomic mass is 10.1. The Labute approximate surface area is 214 Å². The van der Waals surface area contributed by atoms with Crippen molar-refractivity contribution in [2.45, 2.75) is 66.1 Å². The molecule has 2 aromatic rings. The van der Waals surface area contributed by atoms with Gasteiger partial charge in [0, 0.05) is 17.6 Å². The molecule has 0 bridgehead atoms. The minimum absolute atomic E-state index is 0.0498. The third-order valence-electron chi connectivity index (χ3n) is 6.02. The van der Waals surface area contributed by atoms with E-state index in [4.69, 9.17) is 11.6 Å². The molecule has 192 valence electrons.